The van der Waals surface area contributed by atoms with Crippen LogP contribution in [0.4, 0.5) is 11.4 Å². The fraction of sp³-hybridized carbons (Fsp3) is 0.360. The van der Waals surface area contributed by atoms with E-state index < -0.39 is 4.92 Å². The van der Waals surface area contributed by atoms with Crippen molar-refractivity contribution in [2.24, 2.45) is 0 Å². The molecule has 0 aliphatic heterocycles. The number of rotatable bonds is 12. The number of benzene rings is 2. The van der Waals surface area contributed by atoms with Gasteiger partial charge in [0.2, 0.25) is 5.91 Å². The summed E-state index contributed by atoms with van der Waals surface area (Å²) in [5, 5.41) is 25.3. The second-order valence-electron chi connectivity index (χ2n) is 8.53. The summed E-state index contributed by atoms with van der Waals surface area (Å²) in [6.07, 6.45) is 0. The minimum atomic E-state index is -0.486. The van der Waals surface area contributed by atoms with Crippen molar-refractivity contribution >= 4 is 35.0 Å². The maximum atomic E-state index is 12.4. The van der Waals surface area contributed by atoms with Crippen LogP contribution in [-0.2, 0) is 22.7 Å². The molecule has 0 atom stereocenters. The average molecular weight is 527 g/mol. The molecule has 2 N–H and O–H groups in total. The lowest BCUT2D eigenvalue weighted by molar-refractivity contribution is -0.385. The summed E-state index contributed by atoms with van der Waals surface area (Å²) in [5.74, 6) is 1.00. The molecule has 196 valence electrons. The van der Waals surface area contributed by atoms with Crippen molar-refractivity contribution in [2.45, 2.75) is 51.9 Å². The highest BCUT2D eigenvalue weighted by Gasteiger charge is 2.16. The van der Waals surface area contributed by atoms with Gasteiger partial charge in [-0.15, -0.1) is 10.2 Å². The molecule has 3 rings (SSSR count). The normalized spacial score (nSPS) is 10.8. The monoisotopic (exact) mass is 526 g/mol. The van der Waals surface area contributed by atoms with Crippen LogP contribution in [0.15, 0.2) is 47.6 Å². The summed E-state index contributed by atoms with van der Waals surface area (Å²) in [6, 6.07) is 12.2. The molecule has 0 aliphatic carbocycles. The van der Waals surface area contributed by atoms with E-state index in [2.05, 4.69) is 34.7 Å². The highest BCUT2D eigenvalue weighted by atomic mass is 32.2. The Morgan fingerprint density at radius 2 is 1.86 bits per heavy atom. The molecule has 0 radical (unpaired) electrons. The molecule has 2 amide bonds. The van der Waals surface area contributed by atoms with Gasteiger partial charge in [0.15, 0.2) is 17.6 Å². The first kappa shape index (κ1) is 27.7. The van der Waals surface area contributed by atoms with Gasteiger partial charge in [0.25, 0.3) is 11.6 Å². The van der Waals surface area contributed by atoms with E-state index in [-0.39, 0.29) is 36.4 Å². The van der Waals surface area contributed by atoms with E-state index in [1.807, 2.05) is 31.2 Å². The minimum absolute atomic E-state index is 0.0373. The first-order chi connectivity index (χ1) is 17.7. The van der Waals surface area contributed by atoms with Crippen LogP contribution in [0.5, 0.6) is 5.75 Å². The Kier molecular flexibility index (Phi) is 9.61. The van der Waals surface area contributed by atoms with Gasteiger partial charge in [0.05, 0.1) is 17.2 Å². The van der Waals surface area contributed by atoms with Gasteiger partial charge < -0.3 is 19.9 Å². The lowest BCUT2D eigenvalue weighted by Crippen LogP contribution is -2.29. The summed E-state index contributed by atoms with van der Waals surface area (Å²) >= 11 is 1.18. The van der Waals surface area contributed by atoms with Crippen LogP contribution in [0.1, 0.15) is 43.6 Å². The Bertz CT molecular complexity index is 1260. The van der Waals surface area contributed by atoms with Gasteiger partial charge in [-0.05, 0) is 43.5 Å². The number of carbonyl (C=O) groups is 2. The van der Waals surface area contributed by atoms with E-state index >= 15 is 0 Å². The van der Waals surface area contributed by atoms with Crippen LogP contribution in [0.25, 0.3) is 0 Å². The van der Waals surface area contributed by atoms with Crippen molar-refractivity contribution in [1.82, 2.24) is 20.1 Å². The number of aryl methyl sites for hydroxylation is 1. The van der Waals surface area contributed by atoms with E-state index in [4.69, 9.17) is 4.74 Å². The van der Waals surface area contributed by atoms with E-state index in [1.54, 1.807) is 23.6 Å². The largest absolute Gasteiger partial charge is 0.484 e. The second-order valence-corrected chi connectivity index (χ2v) is 9.47. The highest BCUT2D eigenvalue weighted by Crippen LogP contribution is 2.23. The fourth-order valence-electron chi connectivity index (χ4n) is 3.41. The predicted molar refractivity (Wildman–Crippen MR) is 141 cm³/mol. The van der Waals surface area contributed by atoms with Crippen molar-refractivity contribution in [3.63, 3.8) is 0 Å². The van der Waals surface area contributed by atoms with Crippen molar-refractivity contribution < 1.29 is 19.2 Å². The number of amides is 2. The molecule has 2 aromatic carbocycles. The van der Waals surface area contributed by atoms with Gasteiger partial charge in [0, 0.05) is 23.9 Å². The molecule has 0 saturated carbocycles. The molecular formula is C25H30N6O5S. The second kappa shape index (κ2) is 12.9. The minimum Gasteiger partial charge on any atom is -0.484 e. The zero-order valence-electron chi connectivity index (χ0n) is 21.2. The molecule has 0 unspecified atom stereocenters. The van der Waals surface area contributed by atoms with Gasteiger partial charge in [-0.25, -0.2) is 0 Å². The first-order valence-corrected chi connectivity index (χ1v) is 12.8. The van der Waals surface area contributed by atoms with Gasteiger partial charge in [-0.2, -0.15) is 0 Å². The maximum absolute atomic E-state index is 12.4. The predicted octanol–water partition coefficient (Wildman–Crippen LogP) is 4.06. The Hall–Kier alpha value is -3.93. The standard InChI is InChI=1S/C25H30N6O5S/c1-5-30-22(13-26-23(32)14-36-20-10-7-18(8-11-20)16(2)3)28-29-25(30)37-15-24(33)27-19-9-6-17(4)21(12-19)31(34)35/h6-12,16H,5,13-15H2,1-4H3,(H,26,32)(H,27,33). The van der Waals surface area contributed by atoms with Crippen LogP contribution in [-0.4, -0.2) is 43.9 Å². The van der Waals surface area contributed by atoms with Gasteiger partial charge in [0.1, 0.15) is 5.75 Å². The molecule has 1 aromatic heterocycles. The molecule has 1 heterocycles. The average Bonchev–Trinajstić information content (AvgIpc) is 3.27. The van der Waals surface area contributed by atoms with Gasteiger partial charge in [-0.3, -0.25) is 19.7 Å². The van der Waals surface area contributed by atoms with Crippen molar-refractivity contribution in [2.75, 3.05) is 17.7 Å². The van der Waals surface area contributed by atoms with E-state index in [1.165, 1.54) is 23.4 Å². The quantitative estimate of drug-likeness (QED) is 0.204. The highest BCUT2D eigenvalue weighted by molar-refractivity contribution is 7.99. The van der Waals surface area contributed by atoms with Gasteiger partial charge in [-0.1, -0.05) is 43.8 Å². The number of anilines is 1. The Morgan fingerprint density at radius 3 is 2.51 bits per heavy atom. The molecule has 0 aliphatic rings. The van der Waals surface area contributed by atoms with Crippen LogP contribution in [0, 0.1) is 17.0 Å². The molecule has 0 bridgehead atoms. The number of nitrogens with zero attached hydrogens (tertiary/aromatic N) is 4. The lowest BCUT2D eigenvalue weighted by Gasteiger charge is -2.10. The fourth-order valence-corrected chi connectivity index (χ4v) is 4.23. The van der Waals surface area contributed by atoms with Crippen molar-refractivity contribution in [3.05, 3.63) is 69.5 Å². The molecule has 37 heavy (non-hydrogen) atoms. The Morgan fingerprint density at radius 1 is 1.14 bits per heavy atom. The zero-order valence-corrected chi connectivity index (χ0v) is 22.0. The number of aromatic nitrogens is 3. The summed E-state index contributed by atoms with van der Waals surface area (Å²) in [4.78, 5) is 35.3. The number of nitro benzene ring substituents is 1. The zero-order chi connectivity index (χ0) is 26.9. The molecule has 0 saturated heterocycles. The van der Waals surface area contributed by atoms with E-state index in [0.717, 1.165) is 0 Å². The smallest absolute Gasteiger partial charge is 0.274 e. The third kappa shape index (κ3) is 7.78. The van der Waals surface area contributed by atoms with Crippen molar-refractivity contribution in [3.8, 4) is 5.75 Å². The topological polar surface area (TPSA) is 141 Å². The van der Waals surface area contributed by atoms with E-state index in [9.17, 15) is 19.7 Å². The Labute approximate surface area is 219 Å². The maximum Gasteiger partial charge on any atom is 0.274 e. The van der Waals surface area contributed by atoms with E-state index in [0.29, 0.717) is 40.4 Å². The van der Waals surface area contributed by atoms with Crippen LogP contribution in [0.2, 0.25) is 0 Å². The molecular weight excluding hydrogens is 496 g/mol. The number of hydrogen-bond donors (Lipinski definition) is 2. The number of nitrogens with one attached hydrogen (secondary N) is 2. The lowest BCUT2D eigenvalue weighted by atomic mass is 10.0. The third-order valence-electron chi connectivity index (χ3n) is 5.49. The molecule has 12 heteroatoms. The summed E-state index contributed by atoms with van der Waals surface area (Å²) < 4.78 is 7.36. The molecule has 0 fully saturated rings. The van der Waals surface area contributed by atoms with Crippen LogP contribution < -0.4 is 15.4 Å². The van der Waals surface area contributed by atoms with Crippen LogP contribution in [0.3, 0.4) is 0 Å². The SMILES string of the molecule is CCn1c(CNC(=O)COc2ccc(C(C)C)cc2)nnc1SCC(=O)Nc1ccc(C)c([N+](=O)[O-])c1. The number of hydrogen-bond acceptors (Lipinski definition) is 8. The summed E-state index contributed by atoms with van der Waals surface area (Å²) in [5.41, 5.74) is 2.00. The number of thioether (sulfide) groups is 1. The third-order valence-corrected chi connectivity index (χ3v) is 6.46. The number of nitro groups is 1. The summed E-state index contributed by atoms with van der Waals surface area (Å²) in [7, 11) is 0. The number of ether oxygens (including phenoxy) is 1. The first-order valence-electron chi connectivity index (χ1n) is 11.8. The molecule has 0 spiro atoms. The molecule has 3 aromatic rings. The number of carbonyl (C=O) groups excluding carboxylic acids is 2. The molecule has 11 nitrogen and oxygen atoms in total. The summed E-state index contributed by atoms with van der Waals surface area (Å²) in [6.45, 7) is 8.35. The van der Waals surface area contributed by atoms with Crippen molar-refractivity contribution in [1.29, 1.82) is 0 Å². The Balaban J connectivity index is 1.49. The van der Waals surface area contributed by atoms with Crippen LogP contribution >= 0.6 is 11.8 Å². The van der Waals surface area contributed by atoms with Gasteiger partial charge >= 0.3 is 0 Å².